The fourth-order valence-electron chi connectivity index (χ4n) is 1.94. The molecule has 5 heteroatoms. The molecule has 0 saturated heterocycles. The molecule has 5 nitrogen and oxygen atoms in total. The van der Waals surface area contributed by atoms with E-state index in [1.54, 1.807) is 0 Å². The maximum absolute atomic E-state index is 3.90. The Morgan fingerprint density at radius 2 is 2.08 bits per heavy atom. The average Bonchev–Trinajstić information content (AvgIpc) is 2.57. The molecule has 0 radical (unpaired) electrons. The van der Waals surface area contributed by atoms with Crippen molar-refractivity contribution in [3.05, 3.63) is 0 Å². The van der Waals surface area contributed by atoms with Crippen LogP contribution in [-0.2, 0) is 0 Å². The van der Waals surface area contributed by atoms with E-state index in [-0.39, 0.29) is 5.54 Å². The molecule has 0 unspecified atom stereocenters. The van der Waals surface area contributed by atoms with Crippen LogP contribution in [0.15, 0.2) is 0 Å². The van der Waals surface area contributed by atoms with Gasteiger partial charge in [-0.05, 0) is 25.0 Å². The van der Waals surface area contributed by atoms with Crippen molar-refractivity contribution in [2.24, 2.45) is 0 Å². The minimum atomic E-state index is 0.169. The van der Waals surface area contributed by atoms with Crippen LogP contribution < -0.4 is 5.32 Å². The maximum Gasteiger partial charge on any atom is 0.263 e. The zero-order valence-corrected chi connectivity index (χ0v) is 7.88. The molecule has 1 aliphatic rings. The Hall–Kier alpha value is -1.13. The summed E-state index contributed by atoms with van der Waals surface area (Å²) in [5.74, 6) is 0.615. The summed E-state index contributed by atoms with van der Waals surface area (Å²) in [5, 5.41) is 17.1. The molecule has 0 aliphatic heterocycles. The van der Waals surface area contributed by atoms with E-state index in [2.05, 4.69) is 32.9 Å². The van der Waals surface area contributed by atoms with Crippen LogP contribution in [0.25, 0.3) is 0 Å². The van der Waals surface area contributed by atoms with Crippen molar-refractivity contribution in [1.82, 2.24) is 20.6 Å². The summed E-state index contributed by atoms with van der Waals surface area (Å²) in [7, 11) is 0. The smallest absolute Gasteiger partial charge is 0.263 e. The molecule has 1 aromatic heterocycles. The second-order valence-electron chi connectivity index (χ2n) is 3.98. The second-order valence-corrected chi connectivity index (χ2v) is 3.98. The van der Waals surface area contributed by atoms with Gasteiger partial charge in [0.1, 0.15) is 0 Å². The highest BCUT2D eigenvalue weighted by atomic mass is 15.5. The van der Waals surface area contributed by atoms with Gasteiger partial charge in [0.2, 0.25) is 0 Å². The van der Waals surface area contributed by atoms with Gasteiger partial charge in [0.05, 0.1) is 0 Å². The molecule has 2 rings (SSSR count). The number of hydrogen-bond donors (Lipinski definition) is 2. The zero-order valence-electron chi connectivity index (χ0n) is 7.88. The molecule has 1 aliphatic carbocycles. The van der Waals surface area contributed by atoms with Crippen LogP contribution in [0.3, 0.4) is 0 Å². The number of aromatic nitrogens is 4. The van der Waals surface area contributed by atoms with Crippen molar-refractivity contribution in [3.63, 3.8) is 0 Å². The van der Waals surface area contributed by atoms with Crippen molar-refractivity contribution >= 4 is 5.95 Å². The van der Waals surface area contributed by atoms with E-state index >= 15 is 0 Å². The summed E-state index contributed by atoms with van der Waals surface area (Å²) in [5.41, 5.74) is 0.169. The van der Waals surface area contributed by atoms with Crippen molar-refractivity contribution in [2.75, 3.05) is 5.32 Å². The molecule has 1 fully saturated rings. The van der Waals surface area contributed by atoms with Crippen LogP contribution >= 0.6 is 0 Å². The topological polar surface area (TPSA) is 66.5 Å². The molecule has 1 aromatic rings. The van der Waals surface area contributed by atoms with Crippen LogP contribution in [0.2, 0.25) is 0 Å². The standard InChI is InChI=1S/C8H15N5/c1-8(5-3-2-4-6-8)9-7-10-12-13-11-7/h2-6H2,1H3,(H2,9,10,11,12,13). The highest BCUT2D eigenvalue weighted by Crippen LogP contribution is 2.29. The number of tetrazole rings is 1. The highest BCUT2D eigenvalue weighted by molar-refractivity contribution is 5.25. The van der Waals surface area contributed by atoms with Crippen LogP contribution in [0.1, 0.15) is 39.0 Å². The van der Waals surface area contributed by atoms with E-state index in [1.807, 2.05) is 0 Å². The Balaban J connectivity index is 1.99. The summed E-state index contributed by atoms with van der Waals surface area (Å²) >= 11 is 0. The Bertz CT molecular complexity index is 250. The first-order valence-electron chi connectivity index (χ1n) is 4.80. The minimum absolute atomic E-state index is 0.169. The molecule has 13 heavy (non-hydrogen) atoms. The molecule has 1 heterocycles. The van der Waals surface area contributed by atoms with Crippen LogP contribution in [0.4, 0.5) is 5.95 Å². The number of anilines is 1. The molecule has 0 spiro atoms. The van der Waals surface area contributed by atoms with E-state index in [0.29, 0.717) is 5.95 Å². The number of H-pyrrole nitrogens is 1. The van der Waals surface area contributed by atoms with Gasteiger partial charge in [-0.25, -0.2) is 0 Å². The quantitative estimate of drug-likeness (QED) is 0.722. The van der Waals surface area contributed by atoms with Crippen LogP contribution in [0.5, 0.6) is 0 Å². The number of hydrogen-bond acceptors (Lipinski definition) is 4. The Kier molecular flexibility index (Phi) is 2.16. The Labute approximate surface area is 77.3 Å². The van der Waals surface area contributed by atoms with Crippen molar-refractivity contribution in [1.29, 1.82) is 0 Å². The molecule has 72 valence electrons. The largest absolute Gasteiger partial charge is 0.346 e. The molecule has 1 saturated carbocycles. The molecule has 2 N–H and O–H groups in total. The Morgan fingerprint density at radius 1 is 1.31 bits per heavy atom. The summed E-state index contributed by atoms with van der Waals surface area (Å²) in [6.07, 6.45) is 6.33. The number of aromatic amines is 1. The average molecular weight is 181 g/mol. The molecule has 0 bridgehead atoms. The van der Waals surface area contributed by atoms with Gasteiger partial charge in [-0.1, -0.05) is 24.4 Å². The van der Waals surface area contributed by atoms with Crippen LogP contribution in [-0.4, -0.2) is 26.2 Å². The Morgan fingerprint density at radius 3 is 2.69 bits per heavy atom. The predicted molar refractivity (Wildman–Crippen MR) is 49.3 cm³/mol. The molecular weight excluding hydrogens is 166 g/mol. The molecule has 0 amide bonds. The molecule has 0 aromatic carbocycles. The summed E-state index contributed by atoms with van der Waals surface area (Å²) in [6, 6.07) is 0. The minimum Gasteiger partial charge on any atom is -0.346 e. The van der Waals surface area contributed by atoms with Gasteiger partial charge in [-0.2, -0.15) is 5.21 Å². The third-order valence-electron chi connectivity index (χ3n) is 2.72. The van der Waals surface area contributed by atoms with Gasteiger partial charge < -0.3 is 5.32 Å². The molecule has 0 atom stereocenters. The van der Waals surface area contributed by atoms with Gasteiger partial charge in [0, 0.05) is 5.54 Å². The third-order valence-corrected chi connectivity index (χ3v) is 2.72. The monoisotopic (exact) mass is 181 g/mol. The highest BCUT2D eigenvalue weighted by Gasteiger charge is 2.27. The van der Waals surface area contributed by atoms with E-state index in [1.165, 1.54) is 32.1 Å². The van der Waals surface area contributed by atoms with Gasteiger partial charge in [0.15, 0.2) is 0 Å². The van der Waals surface area contributed by atoms with Gasteiger partial charge in [-0.15, -0.1) is 5.10 Å². The lowest BCUT2D eigenvalue weighted by Crippen LogP contribution is -2.37. The number of rotatable bonds is 2. The van der Waals surface area contributed by atoms with Gasteiger partial charge in [0.25, 0.3) is 5.95 Å². The first kappa shape index (κ1) is 8.47. The summed E-state index contributed by atoms with van der Waals surface area (Å²) in [6.45, 7) is 2.22. The van der Waals surface area contributed by atoms with Gasteiger partial charge in [-0.3, -0.25) is 0 Å². The first-order valence-corrected chi connectivity index (χ1v) is 4.80. The number of nitrogens with one attached hydrogen (secondary N) is 2. The lowest BCUT2D eigenvalue weighted by Gasteiger charge is -2.33. The maximum atomic E-state index is 3.90. The summed E-state index contributed by atoms with van der Waals surface area (Å²) in [4.78, 5) is 0. The van der Waals surface area contributed by atoms with Crippen molar-refractivity contribution < 1.29 is 0 Å². The normalized spacial score (nSPS) is 21.3. The fourth-order valence-corrected chi connectivity index (χ4v) is 1.94. The number of nitrogens with zero attached hydrogens (tertiary/aromatic N) is 3. The van der Waals surface area contributed by atoms with E-state index in [4.69, 9.17) is 0 Å². The third kappa shape index (κ3) is 1.96. The SMILES string of the molecule is CC1(Nc2nn[nH]n2)CCCCC1. The summed E-state index contributed by atoms with van der Waals surface area (Å²) < 4.78 is 0. The van der Waals surface area contributed by atoms with E-state index < -0.39 is 0 Å². The molecular formula is C8H15N5. The van der Waals surface area contributed by atoms with Crippen LogP contribution in [0, 0.1) is 0 Å². The van der Waals surface area contributed by atoms with Gasteiger partial charge >= 0.3 is 0 Å². The fraction of sp³-hybridized carbons (Fsp3) is 0.875. The predicted octanol–water partition coefficient (Wildman–Crippen LogP) is 1.33. The second kappa shape index (κ2) is 3.32. The van der Waals surface area contributed by atoms with E-state index in [0.717, 1.165) is 0 Å². The van der Waals surface area contributed by atoms with Crippen molar-refractivity contribution in [3.8, 4) is 0 Å². The van der Waals surface area contributed by atoms with E-state index in [9.17, 15) is 0 Å². The van der Waals surface area contributed by atoms with Crippen molar-refractivity contribution in [2.45, 2.75) is 44.6 Å². The zero-order chi connectivity index (χ0) is 9.15. The lowest BCUT2D eigenvalue weighted by molar-refractivity contribution is 0.347. The lowest BCUT2D eigenvalue weighted by atomic mass is 9.83. The first-order chi connectivity index (χ1) is 6.29.